The molecule has 0 fully saturated rings. The van der Waals surface area contributed by atoms with Gasteiger partial charge in [-0.05, 0) is 46.5 Å². The van der Waals surface area contributed by atoms with Crippen molar-refractivity contribution in [2.75, 3.05) is 7.11 Å². The molecule has 0 saturated carbocycles. The number of methoxy groups -OCH3 is 1. The second-order valence-electron chi connectivity index (χ2n) is 4.40. The first kappa shape index (κ1) is 14.1. The summed E-state index contributed by atoms with van der Waals surface area (Å²) in [7, 11) is 3.48. The van der Waals surface area contributed by atoms with E-state index in [1.807, 2.05) is 31.3 Å². The monoisotopic (exact) mass is 324 g/mol. The highest BCUT2D eigenvalue weighted by molar-refractivity contribution is 9.10. The first-order chi connectivity index (χ1) is 9.11. The zero-order valence-corrected chi connectivity index (χ0v) is 12.6. The van der Waals surface area contributed by atoms with Crippen LogP contribution in [-0.2, 0) is 13.5 Å². The van der Waals surface area contributed by atoms with Crippen molar-refractivity contribution >= 4 is 15.9 Å². The highest BCUT2D eigenvalue weighted by atomic mass is 79.9. The molecule has 0 aliphatic heterocycles. The minimum atomic E-state index is -0.524. The summed E-state index contributed by atoms with van der Waals surface area (Å²) in [6.07, 6.45) is 2.64. The van der Waals surface area contributed by atoms with E-state index in [9.17, 15) is 5.11 Å². The van der Waals surface area contributed by atoms with Crippen LogP contribution >= 0.6 is 15.9 Å². The van der Waals surface area contributed by atoms with Crippen LogP contribution in [0.4, 0.5) is 0 Å². The summed E-state index contributed by atoms with van der Waals surface area (Å²) in [4.78, 5) is 0. The summed E-state index contributed by atoms with van der Waals surface area (Å²) in [6, 6.07) is 7.90. The molecule has 2 rings (SSSR count). The van der Waals surface area contributed by atoms with E-state index in [0.29, 0.717) is 6.42 Å². The number of ether oxygens (including phenoxy) is 1. The number of aliphatic hydroxyl groups excluding tert-OH is 1. The van der Waals surface area contributed by atoms with Gasteiger partial charge >= 0.3 is 0 Å². The molecular formula is C14H17BrN2O2. The van der Waals surface area contributed by atoms with Crippen LogP contribution in [0, 0.1) is 0 Å². The molecule has 4 nitrogen and oxygen atoms in total. The molecule has 1 aromatic carbocycles. The van der Waals surface area contributed by atoms with Crippen molar-refractivity contribution in [2.45, 2.75) is 18.9 Å². The van der Waals surface area contributed by atoms with Gasteiger partial charge in [-0.1, -0.05) is 12.1 Å². The van der Waals surface area contributed by atoms with Crippen molar-refractivity contribution in [3.05, 3.63) is 46.2 Å². The summed E-state index contributed by atoms with van der Waals surface area (Å²) in [5, 5.41) is 14.3. The topological polar surface area (TPSA) is 47.3 Å². The van der Waals surface area contributed by atoms with E-state index < -0.39 is 6.10 Å². The lowest BCUT2D eigenvalue weighted by Crippen LogP contribution is -2.07. The maximum Gasteiger partial charge on any atom is 0.118 e. The zero-order valence-electron chi connectivity index (χ0n) is 11.0. The molecule has 1 heterocycles. The molecule has 0 radical (unpaired) electrons. The van der Waals surface area contributed by atoms with Gasteiger partial charge in [0.2, 0.25) is 0 Å². The van der Waals surface area contributed by atoms with Crippen LogP contribution in [0.3, 0.4) is 0 Å². The van der Waals surface area contributed by atoms with Gasteiger partial charge in [0, 0.05) is 7.05 Å². The standard InChI is InChI=1S/C14H17BrN2O2/c1-17-14(12(15)9-16-17)13(18)8-5-10-3-6-11(19-2)7-4-10/h3-4,6-7,9,13,18H,5,8H2,1-2H3. The maximum absolute atomic E-state index is 10.2. The number of benzene rings is 1. The molecule has 0 spiro atoms. The molecule has 0 amide bonds. The van der Waals surface area contributed by atoms with Gasteiger partial charge in [-0.2, -0.15) is 5.10 Å². The van der Waals surface area contributed by atoms with Gasteiger partial charge < -0.3 is 9.84 Å². The van der Waals surface area contributed by atoms with E-state index in [0.717, 1.165) is 22.3 Å². The number of halogens is 1. The average molecular weight is 325 g/mol. The Balaban J connectivity index is 1.98. The minimum Gasteiger partial charge on any atom is -0.497 e. The molecule has 2 aromatic rings. The predicted octanol–water partition coefficient (Wildman–Crippen LogP) is 2.86. The Morgan fingerprint density at radius 3 is 2.58 bits per heavy atom. The summed E-state index contributed by atoms with van der Waals surface area (Å²) < 4.78 is 7.66. The van der Waals surface area contributed by atoms with Gasteiger partial charge in [-0.3, -0.25) is 4.68 Å². The second-order valence-corrected chi connectivity index (χ2v) is 5.26. The Kier molecular flexibility index (Phi) is 4.61. The van der Waals surface area contributed by atoms with Crippen molar-refractivity contribution in [1.82, 2.24) is 9.78 Å². The SMILES string of the molecule is COc1ccc(CCC(O)c2c(Br)cnn2C)cc1. The lowest BCUT2D eigenvalue weighted by molar-refractivity contribution is 0.157. The number of nitrogens with zero attached hydrogens (tertiary/aromatic N) is 2. The van der Waals surface area contributed by atoms with Crippen molar-refractivity contribution in [2.24, 2.45) is 7.05 Å². The van der Waals surface area contributed by atoms with E-state index in [4.69, 9.17) is 4.74 Å². The Morgan fingerprint density at radius 1 is 1.37 bits per heavy atom. The first-order valence-electron chi connectivity index (χ1n) is 6.10. The molecule has 19 heavy (non-hydrogen) atoms. The van der Waals surface area contributed by atoms with Crippen LogP contribution in [0.15, 0.2) is 34.9 Å². The highest BCUT2D eigenvalue weighted by Gasteiger charge is 2.15. The van der Waals surface area contributed by atoms with Crippen LogP contribution in [0.2, 0.25) is 0 Å². The highest BCUT2D eigenvalue weighted by Crippen LogP contribution is 2.26. The summed E-state index contributed by atoms with van der Waals surface area (Å²) in [5.41, 5.74) is 1.99. The summed E-state index contributed by atoms with van der Waals surface area (Å²) in [6.45, 7) is 0. The molecule has 102 valence electrons. The minimum absolute atomic E-state index is 0.524. The number of rotatable bonds is 5. The maximum atomic E-state index is 10.2. The number of hydrogen-bond acceptors (Lipinski definition) is 3. The van der Waals surface area contributed by atoms with Crippen LogP contribution in [0.25, 0.3) is 0 Å². The molecule has 0 bridgehead atoms. The molecule has 1 aromatic heterocycles. The van der Waals surface area contributed by atoms with E-state index in [1.165, 1.54) is 5.56 Å². The van der Waals surface area contributed by atoms with Crippen LogP contribution in [0.1, 0.15) is 23.8 Å². The third kappa shape index (κ3) is 3.36. The smallest absolute Gasteiger partial charge is 0.118 e. The predicted molar refractivity (Wildman–Crippen MR) is 77.2 cm³/mol. The molecule has 0 saturated heterocycles. The van der Waals surface area contributed by atoms with Crippen LogP contribution in [0.5, 0.6) is 5.75 Å². The lowest BCUT2D eigenvalue weighted by Gasteiger charge is -2.12. The van der Waals surface area contributed by atoms with Gasteiger partial charge in [-0.25, -0.2) is 0 Å². The quantitative estimate of drug-likeness (QED) is 0.919. The third-order valence-corrected chi connectivity index (χ3v) is 3.73. The summed E-state index contributed by atoms with van der Waals surface area (Å²) in [5.74, 6) is 0.846. The number of hydrogen-bond donors (Lipinski definition) is 1. The van der Waals surface area contributed by atoms with Gasteiger partial charge in [0.05, 0.1) is 29.6 Å². The van der Waals surface area contributed by atoms with E-state index in [-0.39, 0.29) is 0 Å². The fourth-order valence-corrected chi connectivity index (χ4v) is 2.64. The van der Waals surface area contributed by atoms with Gasteiger partial charge in [0.15, 0.2) is 0 Å². The number of aryl methyl sites for hydroxylation is 2. The first-order valence-corrected chi connectivity index (χ1v) is 6.89. The van der Waals surface area contributed by atoms with Crippen LogP contribution in [-0.4, -0.2) is 22.0 Å². The number of aliphatic hydroxyl groups is 1. The molecule has 1 atom stereocenters. The third-order valence-electron chi connectivity index (χ3n) is 3.12. The fraction of sp³-hybridized carbons (Fsp3) is 0.357. The number of aromatic nitrogens is 2. The Labute approximate surface area is 121 Å². The Morgan fingerprint density at radius 2 is 2.05 bits per heavy atom. The molecule has 0 aliphatic carbocycles. The molecule has 1 N–H and O–H groups in total. The normalized spacial score (nSPS) is 12.4. The second kappa shape index (κ2) is 6.21. The van der Waals surface area contributed by atoms with Gasteiger partial charge in [0.1, 0.15) is 5.75 Å². The Bertz CT molecular complexity index is 517. The zero-order chi connectivity index (χ0) is 13.8. The lowest BCUT2D eigenvalue weighted by atomic mass is 10.0. The van der Waals surface area contributed by atoms with Crippen molar-refractivity contribution in [1.29, 1.82) is 0 Å². The molecule has 5 heteroatoms. The van der Waals surface area contributed by atoms with Gasteiger partial charge in [0.25, 0.3) is 0 Å². The van der Waals surface area contributed by atoms with Crippen molar-refractivity contribution in [3.8, 4) is 5.75 Å². The fourth-order valence-electron chi connectivity index (χ4n) is 2.03. The Hall–Kier alpha value is -1.33. The van der Waals surface area contributed by atoms with Gasteiger partial charge in [-0.15, -0.1) is 0 Å². The van der Waals surface area contributed by atoms with Crippen molar-refractivity contribution < 1.29 is 9.84 Å². The molecule has 1 unspecified atom stereocenters. The average Bonchev–Trinajstić information content (AvgIpc) is 2.76. The summed E-state index contributed by atoms with van der Waals surface area (Å²) >= 11 is 3.40. The van der Waals surface area contributed by atoms with E-state index >= 15 is 0 Å². The van der Waals surface area contributed by atoms with Crippen molar-refractivity contribution in [3.63, 3.8) is 0 Å². The molecule has 0 aliphatic rings. The van der Waals surface area contributed by atoms with Crippen LogP contribution < -0.4 is 4.74 Å². The molecular weight excluding hydrogens is 308 g/mol. The van der Waals surface area contributed by atoms with E-state index in [2.05, 4.69) is 21.0 Å². The van der Waals surface area contributed by atoms with E-state index in [1.54, 1.807) is 18.0 Å². The largest absolute Gasteiger partial charge is 0.497 e.